The monoisotopic (exact) mass is 349 g/mol. The zero-order valence-electron chi connectivity index (χ0n) is 15.3. The number of carbonyl (C=O) groups excluding carboxylic acids is 1. The number of rotatable bonds is 4. The van der Waals surface area contributed by atoms with Crippen molar-refractivity contribution in [2.24, 2.45) is 5.92 Å². The van der Waals surface area contributed by atoms with Crippen LogP contribution in [-0.2, 0) is 11.3 Å². The SMILES string of the molecule is CC(=O)N[C@]12CCN(Cc3ccccc3)C[C@H]1[C@H](c1ccccc1)NC2. The zero-order valence-corrected chi connectivity index (χ0v) is 15.3. The third-order valence-corrected chi connectivity index (χ3v) is 5.91. The van der Waals surface area contributed by atoms with Crippen molar-refractivity contribution < 1.29 is 4.79 Å². The summed E-state index contributed by atoms with van der Waals surface area (Å²) in [6.45, 7) is 5.44. The summed E-state index contributed by atoms with van der Waals surface area (Å²) in [7, 11) is 0. The first-order valence-electron chi connectivity index (χ1n) is 9.50. The molecule has 0 saturated carbocycles. The summed E-state index contributed by atoms with van der Waals surface area (Å²) in [5.74, 6) is 0.438. The predicted octanol–water partition coefficient (Wildman–Crippen LogP) is 2.73. The third-order valence-electron chi connectivity index (χ3n) is 5.91. The molecule has 4 heteroatoms. The Hall–Kier alpha value is -2.17. The Labute approximate surface area is 155 Å². The molecular weight excluding hydrogens is 322 g/mol. The molecule has 1 amide bonds. The number of benzene rings is 2. The van der Waals surface area contributed by atoms with Crippen LogP contribution in [0.5, 0.6) is 0 Å². The van der Waals surface area contributed by atoms with Crippen molar-refractivity contribution in [3.05, 3.63) is 71.8 Å². The van der Waals surface area contributed by atoms with E-state index in [1.54, 1.807) is 6.92 Å². The highest BCUT2D eigenvalue weighted by molar-refractivity contribution is 5.74. The lowest BCUT2D eigenvalue weighted by Crippen LogP contribution is -2.60. The van der Waals surface area contributed by atoms with Gasteiger partial charge in [-0.1, -0.05) is 60.7 Å². The number of fused-ring (bicyclic) bond motifs is 1. The largest absolute Gasteiger partial charge is 0.349 e. The fraction of sp³-hybridized carbons (Fsp3) is 0.409. The second-order valence-corrected chi connectivity index (χ2v) is 7.68. The molecule has 26 heavy (non-hydrogen) atoms. The van der Waals surface area contributed by atoms with Gasteiger partial charge in [-0.15, -0.1) is 0 Å². The first-order valence-corrected chi connectivity index (χ1v) is 9.50. The number of likely N-dealkylation sites (tertiary alicyclic amines) is 1. The molecule has 2 aliphatic heterocycles. The Bertz CT molecular complexity index is 748. The number of nitrogens with zero attached hydrogens (tertiary/aromatic N) is 1. The van der Waals surface area contributed by atoms with Crippen LogP contribution in [0, 0.1) is 5.92 Å². The Morgan fingerprint density at radius 3 is 2.54 bits per heavy atom. The number of hydrogen-bond donors (Lipinski definition) is 2. The van der Waals surface area contributed by atoms with Gasteiger partial charge < -0.3 is 10.6 Å². The van der Waals surface area contributed by atoms with Crippen LogP contribution in [0.3, 0.4) is 0 Å². The van der Waals surface area contributed by atoms with Crippen LogP contribution in [0.1, 0.15) is 30.5 Å². The van der Waals surface area contributed by atoms with E-state index < -0.39 is 0 Å². The van der Waals surface area contributed by atoms with Gasteiger partial charge in [0.05, 0.1) is 5.54 Å². The Morgan fingerprint density at radius 2 is 1.85 bits per heavy atom. The fourth-order valence-corrected chi connectivity index (χ4v) is 4.71. The normalized spacial score (nSPS) is 28.5. The number of piperidine rings is 1. The van der Waals surface area contributed by atoms with E-state index in [-0.39, 0.29) is 17.5 Å². The average Bonchev–Trinajstić information content (AvgIpc) is 3.01. The van der Waals surface area contributed by atoms with Crippen molar-refractivity contribution >= 4 is 5.91 Å². The first kappa shape index (κ1) is 17.3. The molecule has 2 heterocycles. The van der Waals surface area contributed by atoms with E-state index in [4.69, 9.17) is 0 Å². The molecule has 2 N–H and O–H groups in total. The standard InChI is InChI=1S/C22H27N3O/c1-17(26)24-22-12-13-25(14-18-8-4-2-5-9-18)15-20(22)21(23-16-22)19-10-6-3-7-11-19/h2-11,20-21,23H,12-16H2,1H3,(H,24,26)/t20-,21-,22-/m0/s1. The van der Waals surface area contributed by atoms with Crippen LogP contribution in [0.15, 0.2) is 60.7 Å². The summed E-state index contributed by atoms with van der Waals surface area (Å²) < 4.78 is 0. The van der Waals surface area contributed by atoms with Crippen LogP contribution in [0.2, 0.25) is 0 Å². The van der Waals surface area contributed by atoms with Crippen molar-refractivity contribution in [1.29, 1.82) is 0 Å². The minimum absolute atomic E-state index is 0.0713. The van der Waals surface area contributed by atoms with Gasteiger partial charge in [0.2, 0.25) is 5.91 Å². The van der Waals surface area contributed by atoms with Crippen molar-refractivity contribution in [1.82, 2.24) is 15.5 Å². The highest BCUT2D eigenvalue weighted by Gasteiger charge is 2.51. The van der Waals surface area contributed by atoms with Crippen LogP contribution < -0.4 is 10.6 Å². The Balaban J connectivity index is 1.58. The molecule has 0 aromatic heterocycles. The minimum Gasteiger partial charge on any atom is -0.349 e. The molecule has 2 aliphatic rings. The zero-order chi connectivity index (χ0) is 18.0. The van der Waals surface area contributed by atoms with E-state index in [1.165, 1.54) is 11.1 Å². The topological polar surface area (TPSA) is 44.4 Å². The lowest BCUT2D eigenvalue weighted by Gasteiger charge is -2.45. The summed E-state index contributed by atoms with van der Waals surface area (Å²) in [5.41, 5.74) is 2.52. The summed E-state index contributed by atoms with van der Waals surface area (Å²) in [6.07, 6.45) is 0.987. The predicted molar refractivity (Wildman–Crippen MR) is 104 cm³/mol. The quantitative estimate of drug-likeness (QED) is 0.892. The van der Waals surface area contributed by atoms with E-state index in [9.17, 15) is 4.79 Å². The molecule has 4 nitrogen and oxygen atoms in total. The van der Waals surface area contributed by atoms with E-state index in [0.717, 1.165) is 32.6 Å². The number of carbonyl (C=O) groups is 1. The van der Waals surface area contributed by atoms with Crippen molar-refractivity contribution in [3.8, 4) is 0 Å². The molecule has 0 bridgehead atoms. The molecule has 2 aromatic rings. The lowest BCUT2D eigenvalue weighted by molar-refractivity contribution is -0.122. The van der Waals surface area contributed by atoms with E-state index in [0.29, 0.717) is 5.92 Å². The van der Waals surface area contributed by atoms with E-state index in [1.807, 2.05) is 0 Å². The van der Waals surface area contributed by atoms with Gasteiger partial charge in [0.15, 0.2) is 0 Å². The van der Waals surface area contributed by atoms with Crippen molar-refractivity contribution in [2.45, 2.75) is 31.5 Å². The van der Waals surface area contributed by atoms with E-state index in [2.05, 4.69) is 76.2 Å². The summed E-state index contributed by atoms with van der Waals surface area (Å²) in [4.78, 5) is 14.4. The lowest BCUT2D eigenvalue weighted by atomic mass is 9.75. The molecular formula is C22H27N3O. The van der Waals surface area contributed by atoms with Crippen LogP contribution in [0.4, 0.5) is 0 Å². The van der Waals surface area contributed by atoms with Crippen LogP contribution >= 0.6 is 0 Å². The summed E-state index contributed by atoms with van der Waals surface area (Å²) in [6, 6.07) is 21.6. The highest BCUT2D eigenvalue weighted by Crippen LogP contribution is 2.42. The molecule has 2 fully saturated rings. The highest BCUT2D eigenvalue weighted by atomic mass is 16.1. The molecule has 3 atom stereocenters. The molecule has 0 aliphatic carbocycles. The van der Waals surface area contributed by atoms with Gasteiger partial charge in [0, 0.05) is 45.1 Å². The van der Waals surface area contributed by atoms with Gasteiger partial charge in [-0.05, 0) is 17.5 Å². The molecule has 2 saturated heterocycles. The molecule has 0 spiro atoms. The van der Waals surface area contributed by atoms with E-state index >= 15 is 0 Å². The number of hydrogen-bond acceptors (Lipinski definition) is 3. The summed E-state index contributed by atoms with van der Waals surface area (Å²) >= 11 is 0. The minimum atomic E-state index is -0.139. The second-order valence-electron chi connectivity index (χ2n) is 7.68. The van der Waals surface area contributed by atoms with Crippen LogP contribution in [-0.4, -0.2) is 36.0 Å². The Kier molecular flexibility index (Phi) is 4.79. The maximum absolute atomic E-state index is 11.9. The van der Waals surface area contributed by atoms with Gasteiger partial charge in [0.1, 0.15) is 0 Å². The van der Waals surface area contributed by atoms with Crippen molar-refractivity contribution in [2.75, 3.05) is 19.6 Å². The fourth-order valence-electron chi connectivity index (χ4n) is 4.71. The second kappa shape index (κ2) is 7.22. The maximum Gasteiger partial charge on any atom is 0.217 e. The molecule has 136 valence electrons. The van der Waals surface area contributed by atoms with Gasteiger partial charge in [-0.25, -0.2) is 0 Å². The third kappa shape index (κ3) is 3.39. The number of amides is 1. The molecule has 4 rings (SSSR count). The van der Waals surface area contributed by atoms with Crippen LogP contribution in [0.25, 0.3) is 0 Å². The molecule has 0 unspecified atom stereocenters. The maximum atomic E-state index is 11.9. The average molecular weight is 349 g/mol. The van der Waals surface area contributed by atoms with Gasteiger partial charge in [-0.3, -0.25) is 9.69 Å². The smallest absolute Gasteiger partial charge is 0.217 e. The number of nitrogens with one attached hydrogen (secondary N) is 2. The molecule has 2 aromatic carbocycles. The van der Waals surface area contributed by atoms with Gasteiger partial charge in [-0.2, -0.15) is 0 Å². The molecule has 0 radical (unpaired) electrons. The van der Waals surface area contributed by atoms with Gasteiger partial charge in [0.25, 0.3) is 0 Å². The van der Waals surface area contributed by atoms with Gasteiger partial charge >= 0.3 is 0 Å². The first-order chi connectivity index (χ1) is 12.7. The Morgan fingerprint density at radius 1 is 1.15 bits per heavy atom. The summed E-state index contributed by atoms with van der Waals surface area (Å²) in [5, 5.41) is 7.02. The van der Waals surface area contributed by atoms with Crippen molar-refractivity contribution in [3.63, 3.8) is 0 Å².